The molecule has 0 unspecified atom stereocenters. The van der Waals surface area contributed by atoms with Gasteiger partial charge >= 0.3 is 11.6 Å². The number of hydrogen-bond donors (Lipinski definition) is 0. The van der Waals surface area contributed by atoms with Gasteiger partial charge in [0.1, 0.15) is 17.9 Å². The summed E-state index contributed by atoms with van der Waals surface area (Å²) in [5, 5.41) is 1.31. The number of ether oxygens (including phenoxy) is 2. The highest BCUT2D eigenvalue weighted by molar-refractivity contribution is 6.35. The van der Waals surface area contributed by atoms with Gasteiger partial charge in [-0.25, -0.2) is 9.59 Å². The molecule has 0 saturated carbocycles. The zero-order chi connectivity index (χ0) is 18.0. The summed E-state index contributed by atoms with van der Waals surface area (Å²) in [6.07, 6.45) is 0. The third kappa shape index (κ3) is 3.95. The molecule has 0 aliphatic rings. The second-order valence-electron chi connectivity index (χ2n) is 5.19. The van der Waals surface area contributed by atoms with Gasteiger partial charge in [-0.05, 0) is 30.3 Å². The van der Waals surface area contributed by atoms with E-state index in [-0.39, 0.29) is 12.2 Å². The summed E-state index contributed by atoms with van der Waals surface area (Å²) in [4.78, 5) is 23.9. The number of methoxy groups -OCH3 is 1. The molecule has 3 aromatic rings. The van der Waals surface area contributed by atoms with Crippen LogP contribution in [0, 0.1) is 0 Å². The minimum absolute atomic E-state index is 0.0998. The average molecular weight is 379 g/mol. The van der Waals surface area contributed by atoms with E-state index in [1.807, 2.05) is 0 Å². The Kier molecular flexibility index (Phi) is 4.97. The highest BCUT2D eigenvalue weighted by Crippen LogP contribution is 2.24. The number of fused-ring (bicyclic) bond motifs is 1. The Morgan fingerprint density at radius 1 is 1.08 bits per heavy atom. The van der Waals surface area contributed by atoms with Crippen LogP contribution >= 0.6 is 23.2 Å². The molecule has 0 spiro atoms. The maximum atomic E-state index is 12.2. The molecule has 0 saturated heterocycles. The van der Waals surface area contributed by atoms with Crippen LogP contribution in [-0.2, 0) is 11.3 Å². The fraction of sp³-hybridized carbons (Fsp3) is 0.111. The van der Waals surface area contributed by atoms with Crippen molar-refractivity contribution in [3.8, 4) is 5.75 Å². The van der Waals surface area contributed by atoms with Crippen LogP contribution in [0.3, 0.4) is 0 Å². The zero-order valence-electron chi connectivity index (χ0n) is 13.0. The molecule has 0 bridgehead atoms. The summed E-state index contributed by atoms with van der Waals surface area (Å²) in [7, 11) is 1.51. The van der Waals surface area contributed by atoms with Crippen LogP contribution in [0.5, 0.6) is 5.75 Å². The highest BCUT2D eigenvalue weighted by Gasteiger charge is 2.12. The Bertz CT molecular complexity index is 990. The van der Waals surface area contributed by atoms with Crippen molar-refractivity contribution in [1.82, 2.24) is 0 Å². The van der Waals surface area contributed by atoms with E-state index in [0.717, 1.165) is 0 Å². The van der Waals surface area contributed by atoms with Gasteiger partial charge in [0.25, 0.3) is 0 Å². The number of rotatable bonds is 4. The minimum atomic E-state index is -0.598. The predicted octanol–water partition coefficient (Wildman–Crippen LogP) is 4.47. The van der Waals surface area contributed by atoms with E-state index < -0.39 is 11.6 Å². The van der Waals surface area contributed by atoms with Crippen LogP contribution in [0.15, 0.2) is 51.7 Å². The molecular formula is C18H12Cl2O5. The summed E-state index contributed by atoms with van der Waals surface area (Å²) in [5.41, 5.74) is 0.558. The van der Waals surface area contributed by atoms with Crippen molar-refractivity contribution in [1.29, 1.82) is 0 Å². The molecule has 1 aromatic heterocycles. The highest BCUT2D eigenvalue weighted by atomic mass is 35.5. The fourth-order valence-corrected chi connectivity index (χ4v) is 2.88. The number of benzene rings is 2. The summed E-state index contributed by atoms with van der Waals surface area (Å²) in [5.74, 6) is -0.0438. The van der Waals surface area contributed by atoms with E-state index in [2.05, 4.69) is 0 Å². The Morgan fingerprint density at radius 3 is 2.48 bits per heavy atom. The maximum absolute atomic E-state index is 12.2. The van der Waals surface area contributed by atoms with E-state index in [1.165, 1.54) is 31.4 Å². The monoisotopic (exact) mass is 378 g/mol. The molecule has 3 rings (SSSR count). The molecule has 0 fully saturated rings. The van der Waals surface area contributed by atoms with E-state index in [1.54, 1.807) is 18.2 Å². The van der Waals surface area contributed by atoms with Gasteiger partial charge in [-0.2, -0.15) is 0 Å². The van der Waals surface area contributed by atoms with Gasteiger partial charge in [-0.15, -0.1) is 0 Å². The van der Waals surface area contributed by atoms with Gasteiger partial charge < -0.3 is 13.9 Å². The molecular weight excluding hydrogens is 367 g/mol. The van der Waals surface area contributed by atoms with Gasteiger partial charge in [-0.1, -0.05) is 23.2 Å². The first-order chi connectivity index (χ1) is 12.0. The summed E-state index contributed by atoms with van der Waals surface area (Å²) < 4.78 is 15.5. The van der Waals surface area contributed by atoms with Crippen molar-refractivity contribution in [3.63, 3.8) is 0 Å². The molecule has 1 heterocycles. The van der Waals surface area contributed by atoms with Gasteiger partial charge in [0.15, 0.2) is 0 Å². The summed E-state index contributed by atoms with van der Waals surface area (Å²) in [6.45, 7) is -0.0998. The molecule has 0 amide bonds. The lowest BCUT2D eigenvalue weighted by molar-refractivity contribution is 0.0474. The molecule has 25 heavy (non-hydrogen) atoms. The second kappa shape index (κ2) is 7.17. The molecule has 128 valence electrons. The maximum Gasteiger partial charge on any atom is 0.338 e. The number of esters is 1. The fourth-order valence-electron chi connectivity index (χ4n) is 2.35. The third-order valence-corrected chi connectivity index (χ3v) is 3.93. The van der Waals surface area contributed by atoms with Crippen molar-refractivity contribution in [3.05, 3.63) is 74.1 Å². The molecule has 0 N–H and O–H groups in total. The van der Waals surface area contributed by atoms with E-state index in [4.69, 9.17) is 37.1 Å². The number of halogens is 2. The Morgan fingerprint density at radius 2 is 1.80 bits per heavy atom. The van der Waals surface area contributed by atoms with Crippen molar-refractivity contribution >= 4 is 40.1 Å². The second-order valence-corrected chi connectivity index (χ2v) is 6.06. The van der Waals surface area contributed by atoms with Crippen molar-refractivity contribution in [2.45, 2.75) is 6.61 Å². The topological polar surface area (TPSA) is 65.7 Å². The standard InChI is InChI=1S/C18H12Cl2O5/c1-23-14-2-3-15-11(6-17(21)25-16(15)8-14)9-24-18(22)10-4-12(19)7-13(20)5-10/h2-8H,9H2,1H3. The van der Waals surface area contributed by atoms with E-state index >= 15 is 0 Å². The van der Waals surface area contributed by atoms with Crippen LogP contribution in [0.4, 0.5) is 0 Å². The molecule has 5 nitrogen and oxygen atoms in total. The molecule has 0 aliphatic carbocycles. The number of carbonyl (C=O) groups excluding carboxylic acids is 1. The quantitative estimate of drug-likeness (QED) is 0.495. The van der Waals surface area contributed by atoms with Crippen molar-refractivity contribution < 1.29 is 18.7 Å². The van der Waals surface area contributed by atoms with E-state index in [0.29, 0.717) is 32.3 Å². The SMILES string of the molecule is COc1ccc2c(COC(=O)c3cc(Cl)cc(Cl)c3)cc(=O)oc2c1. The van der Waals surface area contributed by atoms with Crippen LogP contribution < -0.4 is 10.4 Å². The number of carbonyl (C=O) groups is 1. The smallest absolute Gasteiger partial charge is 0.338 e. The number of hydrogen-bond acceptors (Lipinski definition) is 5. The molecule has 0 atom stereocenters. The third-order valence-electron chi connectivity index (χ3n) is 3.49. The molecule has 7 heteroatoms. The first-order valence-corrected chi connectivity index (χ1v) is 7.96. The first-order valence-electron chi connectivity index (χ1n) is 7.20. The first kappa shape index (κ1) is 17.3. The summed E-state index contributed by atoms with van der Waals surface area (Å²) >= 11 is 11.8. The lowest BCUT2D eigenvalue weighted by Crippen LogP contribution is -2.08. The van der Waals surface area contributed by atoms with Crippen LogP contribution in [-0.4, -0.2) is 13.1 Å². The molecule has 0 aliphatic heterocycles. The van der Waals surface area contributed by atoms with Gasteiger partial charge in [0.05, 0.1) is 12.7 Å². The van der Waals surface area contributed by atoms with Crippen LogP contribution in [0.2, 0.25) is 10.0 Å². The Labute approximate surface area is 152 Å². The van der Waals surface area contributed by atoms with Crippen molar-refractivity contribution in [2.75, 3.05) is 7.11 Å². The Balaban J connectivity index is 1.87. The lowest BCUT2D eigenvalue weighted by Gasteiger charge is -2.08. The van der Waals surface area contributed by atoms with Crippen molar-refractivity contribution in [2.24, 2.45) is 0 Å². The summed E-state index contributed by atoms with van der Waals surface area (Å²) in [6, 6.07) is 10.8. The van der Waals surface area contributed by atoms with Crippen LogP contribution in [0.25, 0.3) is 11.0 Å². The van der Waals surface area contributed by atoms with Gasteiger partial charge in [-0.3, -0.25) is 0 Å². The lowest BCUT2D eigenvalue weighted by atomic mass is 10.1. The molecule has 2 aromatic carbocycles. The largest absolute Gasteiger partial charge is 0.497 e. The van der Waals surface area contributed by atoms with Gasteiger partial charge in [0.2, 0.25) is 0 Å². The molecule has 0 radical (unpaired) electrons. The van der Waals surface area contributed by atoms with Gasteiger partial charge in [0, 0.05) is 33.1 Å². The van der Waals surface area contributed by atoms with Crippen LogP contribution in [0.1, 0.15) is 15.9 Å². The minimum Gasteiger partial charge on any atom is -0.497 e. The predicted molar refractivity (Wildman–Crippen MR) is 94.6 cm³/mol. The Hall–Kier alpha value is -2.50. The average Bonchev–Trinajstić information content (AvgIpc) is 2.57. The van der Waals surface area contributed by atoms with E-state index in [9.17, 15) is 9.59 Å². The normalized spacial score (nSPS) is 10.7. The zero-order valence-corrected chi connectivity index (χ0v) is 14.6.